The summed E-state index contributed by atoms with van der Waals surface area (Å²) in [6.45, 7) is 2.26. The first-order chi connectivity index (χ1) is 16.5. The lowest BCUT2D eigenvalue weighted by atomic mass is 9.78. The van der Waals surface area contributed by atoms with Crippen LogP contribution in [-0.2, 0) is 16.1 Å². The largest absolute Gasteiger partial charge is 0.352 e. The summed E-state index contributed by atoms with van der Waals surface area (Å²) in [7, 11) is 0. The molecule has 1 saturated carbocycles. The SMILES string of the molecule is C/C=C/CCC1COC(C2CCC(c3ccc(-c4cc(F)c(CF)c(F)c4)c(F)c3)CC2)OC1. The molecule has 2 aliphatic rings. The highest BCUT2D eigenvalue weighted by Crippen LogP contribution is 2.40. The van der Waals surface area contributed by atoms with Gasteiger partial charge in [-0.2, -0.15) is 0 Å². The lowest BCUT2D eigenvalue weighted by molar-refractivity contribution is -0.229. The highest BCUT2D eigenvalue weighted by atomic mass is 19.1. The number of ether oxygens (including phenoxy) is 2. The number of hydrogen-bond acceptors (Lipinski definition) is 2. The van der Waals surface area contributed by atoms with E-state index in [1.807, 2.05) is 13.0 Å². The van der Waals surface area contributed by atoms with Gasteiger partial charge in [0.2, 0.25) is 0 Å². The van der Waals surface area contributed by atoms with E-state index in [9.17, 15) is 17.6 Å². The van der Waals surface area contributed by atoms with Crippen molar-refractivity contribution in [3.63, 3.8) is 0 Å². The molecule has 184 valence electrons. The second kappa shape index (κ2) is 11.5. The summed E-state index contributed by atoms with van der Waals surface area (Å²) in [5.74, 6) is -1.53. The van der Waals surface area contributed by atoms with E-state index in [-0.39, 0.29) is 23.3 Å². The van der Waals surface area contributed by atoms with Crippen LogP contribution in [0, 0.1) is 29.3 Å². The second-order valence-electron chi connectivity index (χ2n) is 9.45. The van der Waals surface area contributed by atoms with Crippen LogP contribution in [0.2, 0.25) is 0 Å². The number of hydrogen-bond donors (Lipinski definition) is 0. The van der Waals surface area contributed by atoms with Crippen molar-refractivity contribution in [1.82, 2.24) is 0 Å². The molecule has 2 aromatic carbocycles. The molecule has 1 heterocycles. The highest BCUT2D eigenvalue weighted by molar-refractivity contribution is 5.65. The van der Waals surface area contributed by atoms with Crippen LogP contribution < -0.4 is 0 Å². The van der Waals surface area contributed by atoms with Crippen LogP contribution in [0.15, 0.2) is 42.5 Å². The van der Waals surface area contributed by atoms with Gasteiger partial charge in [0.1, 0.15) is 24.1 Å². The molecule has 4 rings (SSSR count). The Morgan fingerprint density at radius 1 is 0.912 bits per heavy atom. The standard InChI is InChI=1S/C28H32F4O2/c1-2-3-4-5-18-16-33-28(34-17-18)20-8-6-19(7-9-20)21-10-11-23(25(30)12-21)22-13-26(31)24(15-29)27(32)14-22/h2-3,10-14,18-20,28H,4-9,15-17H2,1H3/b3-2+. The van der Waals surface area contributed by atoms with Gasteiger partial charge in [0, 0.05) is 17.4 Å². The molecular formula is C28H32F4O2. The lowest BCUT2D eigenvalue weighted by Gasteiger charge is -2.37. The minimum absolute atomic E-state index is 0.0653. The van der Waals surface area contributed by atoms with Crippen molar-refractivity contribution in [3.05, 3.63) is 71.1 Å². The topological polar surface area (TPSA) is 18.5 Å². The number of alkyl halides is 1. The van der Waals surface area contributed by atoms with Gasteiger partial charge in [0.25, 0.3) is 0 Å². The fourth-order valence-corrected chi connectivity index (χ4v) is 5.13. The normalized spacial score (nSPS) is 25.7. The van der Waals surface area contributed by atoms with Gasteiger partial charge in [-0.05, 0) is 80.7 Å². The summed E-state index contributed by atoms with van der Waals surface area (Å²) < 4.78 is 67.6. The Hall–Kier alpha value is -2.18. The molecule has 0 N–H and O–H groups in total. The van der Waals surface area contributed by atoms with Crippen molar-refractivity contribution in [1.29, 1.82) is 0 Å². The summed E-state index contributed by atoms with van der Waals surface area (Å²) in [5.41, 5.74) is 0.424. The van der Waals surface area contributed by atoms with E-state index in [0.717, 1.165) is 69.4 Å². The third kappa shape index (κ3) is 5.72. The van der Waals surface area contributed by atoms with E-state index in [0.29, 0.717) is 11.8 Å². The first-order valence-electron chi connectivity index (χ1n) is 12.2. The van der Waals surface area contributed by atoms with Crippen LogP contribution in [0.1, 0.15) is 62.5 Å². The molecule has 0 spiro atoms. The highest BCUT2D eigenvalue weighted by Gasteiger charge is 2.33. The molecule has 0 amide bonds. The van der Waals surface area contributed by atoms with Gasteiger partial charge in [-0.15, -0.1) is 0 Å². The van der Waals surface area contributed by atoms with E-state index in [2.05, 4.69) is 12.2 Å². The Balaban J connectivity index is 1.33. The molecule has 1 aliphatic heterocycles. The molecule has 34 heavy (non-hydrogen) atoms. The molecule has 0 atom stereocenters. The summed E-state index contributed by atoms with van der Waals surface area (Å²) in [4.78, 5) is 0. The van der Waals surface area contributed by atoms with Crippen LogP contribution >= 0.6 is 0 Å². The third-order valence-corrected chi connectivity index (χ3v) is 7.18. The molecule has 6 heteroatoms. The van der Waals surface area contributed by atoms with E-state index in [1.54, 1.807) is 6.07 Å². The number of benzene rings is 2. The fraction of sp³-hybridized carbons (Fsp3) is 0.500. The molecule has 0 unspecified atom stereocenters. The lowest BCUT2D eigenvalue weighted by Crippen LogP contribution is -2.38. The molecule has 2 nitrogen and oxygen atoms in total. The van der Waals surface area contributed by atoms with Gasteiger partial charge in [-0.25, -0.2) is 17.6 Å². The predicted octanol–water partition coefficient (Wildman–Crippen LogP) is 7.86. The van der Waals surface area contributed by atoms with Crippen molar-refractivity contribution >= 4 is 0 Å². The third-order valence-electron chi connectivity index (χ3n) is 7.18. The van der Waals surface area contributed by atoms with Crippen LogP contribution in [0.3, 0.4) is 0 Å². The predicted molar refractivity (Wildman–Crippen MR) is 124 cm³/mol. The summed E-state index contributed by atoms with van der Waals surface area (Å²) in [6, 6.07) is 6.81. The van der Waals surface area contributed by atoms with Crippen molar-refractivity contribution in [2.24, 2.45) is 11.8 Å². The summed E-state index contributed by atoms with van der Waals surface area (Å²) >= 11 is 0. The fourth-order valence-electron chi connectivity index (χ4n) is 5.13. The van der Waals surface area contributed by atoms with Crippen LogP contribution in [0.5, 0.6) is 0 Å². The minimum atomic E-state index is -1.24. The van der Waals surface area contributed by atoms with Crippen LogP contribution in [0.4, 0.5) is 17.6 Å². The van der Waals surface area contributed by atoms with Gasteiger partial charge in [0.05, 0.1) is 18.8 Å². The van der Waals surface area contributed by atoms with E-state index in [1.165, 1.54) is 6.07 Å². The molecular weight excluding hydrogens is 444 g/mol. The van der Waals surface area contributed by atoms with Crippen molar-refractivity contribution in [3.8, 4) is 11.1 Å². The van der Waals surface area contributed by atoms with Gasteiger partial charge in [-0.3, -0.25) is 0 Å². The first-order valence-corrected chi connectivity index (χ1v) is 12.2. The van der Waals surface area contributed by atoms with Gasteiger partial charge < -0.3 is 9.47 Å². The number of halogens is 4. The van der Waals surface area contributed by atoms with Gasteiger partial charge in [-0.1, -0.05) is 24.3 Å². The zero-order chi connectivity index (χ0) is 24.1. The average molecular weight is 477 g/mol. The van der Waals surface area contributed by atoms with Crippen LogP contribution in [0.25, 0.3) is 11.1 Å². The average Bonchev–Trinajstić information content (AvgIpc) is 2.84. The number of rotatable bonds is 7. The van der Waals surface area contributed by atoms with Gasteiger partial charge in [0.15, 0.2) is 6.29 Å². The molecule has 2 fully saturated rings. The zero-order valence-corrected chi connectivity index (χ0v) is 19.5. The number of allylic oxidation sites excluding steroid dienone is 2. The Bertz CT molecular complexity index is 967. The minimum Gasteiger partial charge on any atom is -0.352 e. The Morgan fingerprint density at radius 3 is 2.18 bits per heavy atom. The summed E-state index contributed by atoms with van der Waals surface area (Å²) in [5, 5.41) is 0. The van der Waals surface area contributed by atoms with Crippen molar-refractivity contribution in [2.75, 3.05) is 13.2 Å². The Kier molecular flexibility index (Phi) is 8.43. The van der Waals surface area contributed by atoms with E-state index in [4.69, 9.17) is 9.47 Å². The Labute approximate surface area is 199 Å². The molecule has 0 radical (unpaired) electrons. The maximum absolute atomic E-state index is 14.9. The second-order valence-corrected chi connectivity index (χ2v) is 9.45. The molecule has 1 saturated heterocycles. The van der Waals surface area contributed by atoms with E-state index < -0.39 is 29.7 Å². The Morgan fingerprint density at radius 2 is 1.59 bits per heavy atom. The van der Waals surface area contributed by atoms with Crippen LogP contribution in [-0.4, -0.2) is 19.5 Å². The zero-order valence-electron chi connectivity index (χ0n) is 19.5. The molecule has 1 aliphatic carbocycles. The van der Waals surface area contributed by atoms with Crippen molar-refractivity contribution < 1.29 is 27.0 Å². The quantitative estimate of drug-likeness (QED) is 0.299. The van der Waals surface area contributed by atoms with Crippen molar-refractivity contribution in [2.45, 2.75) is 64.3 Å². The first kappa shape index (κ1) is 24.9. The molecule has 0 bridgehead atoms. The smallest absolute Gasteiger partial charge is 0.160 e. The molecule has 0 aromatic heterocycles. The molecule has 2 aromatic rings. The van der Waals surface area contributed by atoms with Gasteiger partial charge >= 0.3 is 0 Å². The monoisotopic (exact) mass is 476 g/mol. The summed E-state index contributed by atoms with van der Waals surface area (Å²) in [6.07, 6.45) is 9.91. The maximum Gasteiger partial charge on any atom is 0.160 e. The maximum atomic E-state index is 14.9. The van der Waals surface area contributed by atoms with E-state index >= 15 is 0 Å².